The van der Waals surface area contributed by atoms with Crippen molar-refractivity contribution < 1.29 is 48.5 Å². The largest absolute Gasteiger partial charge is 0.472 e. The second-order valence-corrected chi connectivity index (χ2v) is 14.8. The SMILES string of the molecule is CC(C)C[C@H]([NH3+])C(=O)C[C@@H](Cc1cnc[nH]1)C(=O)N[C@@H](CO)C(=O)C[C@H](C(N)=O)[C@@H](C)OP(=O)(O)OCCCCCCCCc1ccccc1. The first-order chi connectivity index (χ1) is 23.7. The van der Waals surface area contributed by atoms with Gasteiger partial charge in [0.1, 0.15) is 12.1 Å². The smallest absolute Gasteiger partial charge is 0.394 e. The molecule has 0 saturated heterocycles. The number of rotatable bonds is 27. The molecule has 0 aliphatic heterocycles. The van der Waals surface area contributed by atoms with E-state index in [9.17, 15) is 33.7 Å². The molecule has 9 N–H and O–H groups in total. The van der Waals surface area contributed by atoms with E-state index in [-0.39, 0.29) is 31.1 Å². The topological polar surface area (TPSA) is 239 Å². The lowest BCUT2D eigenvalue weighted by Crippen LogP contribution is -2.65. The van der Waals surface area contributed by atoms with E-state index in [0.29, 0.717) is 18.5 Å². The van der Waals surface area contributed by atoms with E-state index in [4.69, 9.17) is 14.8 Å². The zero-order valence-electron chi connectivity index (χ0n) is 29.6. The molecule has 1 aromatic heterocycles. The number of unbranched alkanes of at least 4 members (excludes halogenated alkanes) is 5. The second-order valence-electron chi connectivity index (χ2n) is 13.4. The average Bonchev–Trinajstić information content (AvgIpc) is 3.57. The highest BCUT2D eigenvalue weighted by Gasteiger charge is 2.36. The number of amides is 2. The Morgan fingerprint density at radius 2 is 1.66 bits per heavy atom. The van der Waals surface area contributed by atoms with Crippen molar-refractivity contribution in [2.45, 2.75) is 110 Å². The normalized spacial score (nSPS) is 15.8. The number of benzene rings is 1. The summed E-state index contributed by atoms with van der Waals surface area (Å²) in [4.78, 5) is 68.9. The minimum absolute atomic E-state index is 0.0299. The van der Waals surface area contributed by atoms with E-state index >= 15 is 0 Å². The molecule has 0 fully saturated rings. The first-order valence-electron chi connectivity index (χ1n) is 17.5. The number of hydrogen-bond acceptors (Lipinski definition) is 9. The van der Waals surface area contributed by atoms with Gasteiger partial charge in [-0.1, -0.05) is 69.9 Å². The number of phosphoric ester groups is 1. The highest BCUT2D eigenvalue weighted by atomic mass is 31.2. The van der Waals surface area contributed by atoms with Crippen LogP contribution >= 0.6 is 7.82 Å². The monoisotopic (exact) mass is 722 g/mol. The van der Waals surface area contributed by atoms with Gasteiger partial charge in [-0.2, -0.15) is 0 Å². The molecule has 2 amide bonds. The van der Waals surface area contributed by atoms with Gasteiger partial charge < -0.3 is 31.8 Å². The van der Waals surface area contributed by atoms with Crippen LogP contribution in [0.1, 0.15) is 89.8 Å². The van der Waals surface area contributed by atoms with Crippen LogP contribution < -0.4 is 16.8 Å². The Morgan fingerprint density at radius 3 is 2.26 bits per heavy atom. The van der Waals surface area contributed by atoms with E-state index in [1.165, 1.54) is 25.0 Å². The Labute approximate surface area is 295 Å². The van der Waals surface area contributed by atoms with Crippen molar-refractivity contribution in [1.29, 1.82) is 0 Å². The van der Waals surface area contributed by atoms with Crippen LogP contribution in [0.3, 0.4) is 0 Å². The number of hydrogen-bond donors (Lipinski definition) is 6. The number of aromatic amines is 1. The van der Waals surface area contributed by atoms with E-state index in [1.54, 1.807) is 0 Å². The van der Waals surface area contributed by atoms with Crippen LogP contribution in [-0.4, -0.2) is 74.8 Å². The van der Waals surface area contributed by atoms with E-state index in [0.717, 1.165) is 38.5 Å². The molecular formula is C35H57N5O9P+. The number of nitrogens with two attached hydrogens (primary N) is 1. The minimum atomic E-state index is -4.59. The molecule has 1 aromatic carbocycles. The second kappa shape index (κ2) is 22.5. The summed E-state index contributed by atoms with van der Waals surface area (Å²) in [6.45, 7) is 4.42. The molecule has 0 saturated carbocycles. The molecule has 15 heteroatoms. The molecule has 0 aliphatic carbocycles. The molecule has 14 nitrogen and oxygen atoms in total. The number of Topliss-reactive ketones (excluding diaryl/α,β-unsaturated/α-hetero) is 2. The van der Waals surface area contributed by atoms with Gasteiger partial charge >= 0.3 is 7.82 Å². The third kappa shape index (κ3) is 16.6. The van der Waals surface area contributed by atoms with Gasteiger partial charge in [0.2, 0.25) is 11.8 Å². The fourth-order valence-corrected chi connectivity index (χ4v) is 6.67. The van der Waals surface area contributed by atoms with Crippen LogP contribution in [0, 0.1) is 17.8 Å². The van der Waals surface area contributed by atoms with Crippen molar-refractivity contribution in [2.24, 2.45) is 23.5 Å². The molecule has 1 heterocycles. The number of phosphoric acid groups is 1. The standard InChI is InChI=1S/C35H56N5O9P/c1-24(2)17-30(36)32(42)19-27(18-28-21-38-23-39-28)35(45)40-31(22-41)33(43)20-29(34(37)44)25(3)49-50(46,47)48-16-12-7-5-4-6-9-13-26-14-10-8-11-15-26/h8,10-11,14-15,21,23-25,27,29-31,41H,4-7,9,12-13,16-20,22,36H2,1-3H3,(H2,37,44)(H,38,39)(H,40,45)(H,46,47)/p+1/t25-,27-,29+,30+,31+/m1/s1. The first kappa shape index (κ1) is 42.9. The lowest BCUT2D eigenvalue weighted by molar-refractivity contribution is -0.406. The van der Waals surface area contributed by atoms with Crippen LogP contribution in [0.15, 0.2) is 42.9 Å². The summed E-state index contributed by atoms with van der Waals surface area (Å²) in [6.07, 6.45) is 8.14. The quantitative estimate of drug-likeness (QED) is 0.0582. The predicted molar refractivity (Wildman–Crippen MR) is 187 cm³/mol. The number of imidazole rings is 1. The third-order valence-electron chi connectivity index (χ3n) is 8.55. The zero-order valence-corrected chi connectivity index (χ0v) is 30.5. The third-order valence-corrected chi connectivity index (χ3v) is 9.66. The number of nitrogens with zero attached hydrogens (tertiary/aromatic N) is 1. The van der Waals surface area contributed by atoms with Crippen LogP contribution in [0.2, 0.25) is 0 Å². The first-order valence-corrected chi connectivity index (χ1v) is 19.0. The summed E-state index contributed by atoms with van der Waals surface area (Å²) < 4.78 is 22.9. The van der Waals surface area contributed by atoms with Gasteiger partial charge in [-0.25, -0.2) is 9.55 Å². The molecule has 50 heavy (non-hydrogen) atoms. The fourth-order valence-electron chi connectivity index (χ4n) is 5.68. The van der Waals surface area contributed by atoms with Gasteiger partial charge in [-0.05, 0) is 37.7 Å². The average molecular weight is 723 g/mol. The molecule has 280 valence electrons. The van der Waals surface area contributed by atoms with E-state index < -0.39 is 68.5 Å². The number of aliphatic hydroxyl groups excluding tert-OH is 1. The van der Waals surface area contributed by atoms with Gasteiger partial charge in [0, 0.05) is 37.6 Å². The molecule has 2 rings (SSSR count). The number of aromatic nitrogens is 2. The molecule has 6 atom stereocenters. The van der Waals surface area contributed by atoms with Crippen LogP contribution in [-0.2, 0) is 45.6 Å². The molecule has 0 radical (unpaired) electrons. The maximum absolute atomic E-state index is 13.3. The van der Waals surface area contributed by atoms with E-state index in [2.05, 4.69) is 33.2 Å². The lowest BCUT2D eigenvalue weighted by Gasteiger charge is -2.25. The molecule has 2 aromatic rings. The van der Waals surface area contributed by atoms with Gasteiger partial charge in [-0.3, -0.25) is 28.2 Å². The molecular weight excluding hydrogens is 665 g/mol. The van der Waals surface area contributed by atoms with Crippen LogP contribution in [0.5, 0.6) is 0 Å². The number of primary amides is 1. The molecule has 0 spiro atoms. The maximum Gasteiger partial charge on any atom is 0.472 e. The van der Waals surface area contributed by atoms with Crippen molar-refractivity contribution in [3.05, 3.63) is 54.1 Å². The van der Waals surface area contributed by atoms with Gasteiger partial charge in [0.15, 0.2) is 11.6 Å². The highest BCUT2D eigenvalue weighted by molar-refractivity contribution is 7.47. The minimum Gasteiger partial charge on any atom is -0.394 e. The number of carbonyl (C=O) groups is 4. The Hall–Kier alpha value is -3.26. The zero-order chi connectivity index (χ0) is 37.1. The Kier molecular flexibility index (Phi) is 19.3. The number of nitrogens with one attached hydrogen (secondary N) is 2. The Balaban J connectivity index is 1.86. The van der Waals surface area contributed by atoms with Crippen molar-refractivity contribution >= 4 is 31.2 Å². The van der Waals surface area contributed by atoms with Crippen LogP contribution in [0.4, 0.5) is 0 Å². The predicted octanol–water partition coefficient (Wildman–Crippen LogP) is 2.83. The number of H-pyrrole nitrogens is 1. The summed E-state index contributed by atoms with van der Waals surface area (Å²) in [5.74, 6) is -4.63. The molecule has 0 bridgehead atoms. The fraction of sp³-hybridized carbons (Fsp3) is 0.629. The van der Waals surface area contributed by atoms with Gasteiger partial charge in [-0.15, -0.1) is 0 Å². The number of carbonyl (C=O) groups excluding carboxylic acids is 4. The summed E-state index contributed by atoms with van der Waals surface area (Å²) in [7, 11) is -4.59. The number of aliphatic hydroxyl groups is 1. The number of quaternary nitrogens is 1. The number of aryl methyl sites for hydroxylation is 1. The molecule has 1 unspecified atom stereocenters. The van der Waals surface area contributed by atoms with Gasteiger partial charge in [0.05, 0.1) is 37.5 Å². The number of ketones is 2. The Bertz CT molecular complexity index is 1360. The maximum atomic E-state index is 13.3. The molecule has 0 aliphatic rings. The van der Waals surface area contributed by atoms with Crippen molar-refractivity contribution in [1.82, 2.24) is 15.3 Å². The summed E-state index contributed by atoms with van der Waals surface area (Å²) in [5.41, 5.74) is 11.4. The summed E-state index contributed by atoms with van der Waals surface area (Å²) >= 11 is 0. The van der Waals surface area contributed by atoms with Gasteiger partial charge in [0.25, 0.3) is 0 Å². The highest BCUT2D eigenvalue weighted by Crippen LogP contribution is 2.46. The van der Waals surface area contributed by atoms with Crippen LogP contribution in [0.25, 0.3) is 0 Å². The van der Waals surface area contributed by atoms with Crippen molar-refractivity contribution in [3.8, 4) is 0 Å². The van der Waals surface area contributed by atoms with E-state index in [1.807, 2.05) is 32.0 Å². The summed E-state index contributed by atoms with van der Waals surface area (Å²) in [6, 6.07) is 8.34. The summed E-state index contributed by atoms with van der Waals surface area (Å²) in [5, 5.41) is 12.5. The van der Waals surface area contributed by atoms with Crippen molar-refractivity contribution in [3.63, 3.8) is 0 Å². The lowest BCUT2D eigenvalue weighted by atomic mass is 9.90. The Morgan fingerprint density at radius 1 is 1.00 bits per heavy atom. The van der Waals surface area contributed by atoms with Crippen molar-refractivity contribution in [2.75, 3.05) is 13.2 Å².